The summed E-state index contributed by atoms with van der Waals surface area (Å²) in [7, 11) is 0. The number of H-pyrrole nitrogens is 1. The number of benzene rings is 1. The van der Waals surface area contributed by atoms with E-state index in [0.29, 0.717) is 32.5 Å². The number of ether oxygens (including phenoxy) is 1. The number of nitrogens with one attached hydrogen (secondary N) is 1. The van der Waals surface area contributed by atoms with Crippen molar-refractivity contribution in [3.05, 3.63) is 35.5 Å². The predicted octanol–water partition coefficient (Wildman–Crippen LogP) is 2.81. The molecule has 2 aromatic rings. The number of carbonyl (C=O) groups excluding carboxylic acids is 1. The second kappa shape index (κ2) is 6.76. The van der Waals surface area contributed by atoms with Gasteiger partial charge in [0.2, 0.25) is 5.91 Å². The summed E-state index contributed by atoms with van der Waals surface area (Å²) >= 11 is 0. The summed E-state index contributed by atoms with van der Waals surface area (Å²) in [6.45, 7) is 2.02. The average molecular weight is 356 g/mol. The third kappa shape index (κ3) is 2.98. The van der Waals surface area contributed by atoms with Crippen LogP contribution in [0, 0.1) is 0 Å². The Balaban J connectivity index is 1.48. The zero-order valence-electron chi connectivity index (χ0n) is 14.8. The highest BCUT2D eigenvalue weighted by atomic mass is 16.5. The number of likely N-dealkylation sites (tertiary alicyclic amines) is 1. The molecule has 2 aliphatic rings. The van der Waals surface area contributed by atoms with Gasteiger partial charge in [0.25, 0.3) is 0 Å². The molecule has 1 amide bonds. The highest BCUT2D eigenvalue weighted by Gasteiger charge is 2.43. The lowest BCUT2D eigenvalue weighted by Crippen LogP contribution is -2.48. The van der Waals surface area contributed by atoms with E-state index in [0.717, 1.165) is 24.8 Å². The Hall–Kier alpha value is -2.34. The summed E-state index contributed by atoms with van der Waals surface area (Å²) < 4.78 is 6.26. The van der Waals surface area contributed by atoms with Gasteiger partial charge >= 0.3 is 5.97 Å². The second-order valence-corrected chi connectivity index (χ2v) is 7.24. The normalized spacial score (nSPS) is 18.8. The molecule has 1 spiro atoms. The first-order chi connectivity index (χ1) is 12.6. The van der Waals surface area contributed by atoms with E-state index >= 15 is 0 Å². The van der Waals surface area contributed by atoms with E-state index in [9.17, 15) is 9.59 Å². The first-order valence-corrected chi connectivity index (χ1v) is 9.33. The van der Waals surface area contributed by atoms with Gasteiger partial charge in [-0.3, -0.25) is 9.59 Å². The molecule has 6 nitrogen and oxygen atoms in total. The Morgan fingerprint density at radius 3 is 2.73 bits per heavy atom. The van der Waals surface area contributed by atoms with Crippen LogP contribution in [0.25, 0.3) is 10.9 Å². The molecule has 0 aliphatic carbocycles. The van der Waals surface area contributed by atoms with Crippen molar-refractivity contribution in [2.45, 2.75) is 44.1 Å². The van der Waals surface area contributed by atoms with Crippen molar-refractivity contribution in [2.24, 2.45) is 0 Å². The maximum atomic E-state index is 12.3. The Labute approximate surface area is 152 Å². The topological polar surface area (TPSA) is 82.6 Å². The third-order valence-corrected chi connectivity index (χ3v) is 5.70. The first kappa shape index (κ1) is 17.1. The van der Waals surface area contributed by atoms with Crippen LogP contribution < -0.4 is 0 Å². The van der Waals surface area contributed by atoms with Crippen molar-refractivity contribution >= 4 is 22.8 Å². The van der Waals surface area contributed by atoms with E-state index in [4.69, 9.17) is 9.84 Å². The number of carboxylic acids is 1. The molecule has 0 unspecified atom stereocenters. The lowest BCUT2D eigenvalue weighted by molar-refractivity contribution is -0.141. The number of carbonyl (C=O) groups is 2. The van der Waals surface area contributed by atoms with E-state index < -0.39 is 5.97 Å². The minimum Gasteiger partial charge on any atom is -0.481 e. The highest BCUT2D eigenvalue weighted by Crippen LogP contribution is 2.43. The van der Waals surface area contributed by atoms with Crippen LogP contribution in [0.1, 0.15) is 43.4 Å². The van der Waals surface area contributed by atoms with Crippen LogP contribution in [0.3, 0.4) is 0 Å². The first-order valence-electron chi connectivity index (χ1n) is 9.33. The highest BCUT2D eigenvalue weighted by molar-refractivity contribution is 5.85. The largest absolute Gasteiger partial charge is 0.481 e. The van der Waals surface area contributed by atoms with Gasteiger partial charge in [-0.05, 0) is 37.3 Å². The van der Waals surface area contributed by atoms with Crippen molar-refractivity contribution in [2.75, 3.05) is 19.7 Å². The van der Waals surface area contributed by atoms with Gasteiger partial charge in [0.1, 0.15) is 5.60 Å². The average Bonchev–Trinajstić information content (AvgIpc) is 3.03. The molecule has 1 saturated heterocycles. The Bertz CT molecular complexity index is 833. The molecule has 1 aromatic heterocycles. The van der Waals surface area contributed by atoms with Crippen LogP contribution in [0.4, 0.5) is 0 Å². The van der Waals surface area contributed by atoms with E-state index in [2.05, 4.69) is 23.2 Å². The summed E-state index contributed by atoms with van der Waals surface area (Å²) in [5.74, 6) is -0.800. The van der Waals surface area contributed by atoms with Crippen molar-refractivity contribution < 1.29 is 19.4 Å². The van der Waals surface area contributed by atoms with Crippen molar-refractivity contribution in [1.82, 2.24) is 9.88 Å². The zero-order chi connectivity index (χ0) is 18.1. The molecule has 138 valence electrons. The van der Waals surface area contributed by atoms with E-state index in [1.54, 1.807) is 0 Å². The van der Waals surface area contributed by atoms with E-state index in [1.165, 1.54) is 16.6 Å². The van der Waals surface area contributed by atoms with Gasteiger partial charge in [0.15, 0.2) is 0 Å². The molecule has 0 radical (unpaired) electrons. The monoisotopic (exact) mass is 356 g/mol. The number of fused-ring (bicyclic) bond motifs is 4. The Kier molecular flexibility index (Phi) is 4.44. The van der Waals surface area contributed by atoms with Crippen LogP contribution >= 0.6 is 0 Å². The van der Waals surface area contributed by atoms with Crippen LogP contribution in [0.5, 0.6) is 0 Å². The Morgan fingerprint density at radius 1 is 1.19 bits per heavy atom. The zero-order valence-corrected chi connectivity index (χ0v) is 14.8. The number of aromatic amines is 1. The van der Waals surface area contributed by atoms with Crippen molar-refractivity contribution in [3.8, 4) is 0 Å². The molecule has 4 rings (SSSR count). The van der Waals surface area contributed by atoms with Gasteiger partial charge in [0.05, 0.1) is 12.3 Å². The number of aliphatic carboxylic acids is 1. The molecule has 0 saturated carbocycles. The lowest BCUT2D eigenvalue weighted by Gasteiger charge is -2.43. The summed E-state index contributed by atoms with van der Waals surface area (Å²) in [6.07, 6.45) is 3.22. The van der Waals surface area contributed by atoms with E-state index in [-0.39, 0.29) is 17.9 Å². The van der Waals surface area contributed by atoms with Gasteiger partial charge in [-0.1, -0.05) is 18.2 Å². The molecule has 1 aromatic carbocycles. The minimum absolute atomic E-state index is 0.0467. The van der Waals surface area contributed by atoms with Gasteiger partial charge in [-0.2, -0.15) is 0 Å². The summed E-state index contributed by atoms with van der Waals surface area (Å²) in [4.78, 5) is 28.4. The molecule has 2 aliphatic heterocycles. The van der Waals surface area contributed by atoms with Gasteiger partial charge in [-0.25, -0.2) is 0 Å². The number of rotatable bonds is 4. The third-order valence-electron chi connectivity index (χ3n) is 5.70. The standard InChI is InChI=1S/C20H24N2O4/c23-17(6-3-7-18(24)25)22-11-9-20(10-12-22)19-15(8-13-26-20)14-4-1-2-5-16(14)21-19/h1-2,4-5,21H,3,6-13H2,(H,24,25). The molecule has 1 fully saturated rings. The number of carboxylic acid groups (broad SMARTS) is 1. The molecule has 3 heterocycles. The predicted molar refractivity (Wildman–Crippen MR) is 96.9 cm³/mol. The van der Waals surface area contributed by atoms with Crippen molar-refractivity contribution in [3.63, 3.8) is 0 Å². The molecule has 6 heteroatoms. The smallest absolute Gasteiger partial charge is 0.303 e. The number of amides is 1. The van der Waals surface area contributed by atoms with Gasteiger partial charge < -0.3 is 19.7 Å². The summed E-state index contributed by atoms with van der Waals surface area (Å²) in [5.41, 5.74) is 3.36. The fourth-order valence-corrected chi connectivity index (χ4v) is 4.33. The van der Waals surface area contributed by atoms with Crippen LogP contribution in [-0.2, 0) is 26.3 Å². The lowest BCUT2D eigenvalue weighted by atomic mass is 9.83. The summed E-state index contributed by atoms with van der Waals surface area (Å²) in [5, 5.41) is 9.99. The van der Waals surface area contributed by atoms with E-state index in [1.807, 2.05) is 11.0 Å². The molecule has 2 N–H and O–H groups in total. The SMILES string of the molecule is O=C(O)CCCC(=O)N1CCC2(CC1)OCCc1c2[nH]c2ccccc12. The molecule has 26 heavy (non-hydrogen) atoms. The molecular weight excluding hydrogens is 332 g/mol. The maximum absolute atomic E-state index is 12.3. The summed E-state index contributed by atoms with van der Waals surface area (Å²) in [6, 6.07) is 8.36. The molecule has 0 atom stereocenters. The van der Waals surface area contributed by atoms with Gasteiger partial charge in [-0.15, -0.1) is 0 Å². The fraction of sp³-hybridized carbons (Fsp3) is 0.500. The minimum atomic E-state index is -0.850. The number of hydrogen-bond acceptors (Lipinski definition) is 3. The van der Waals surface area contributed by atoms with Crippen LogP contribution in [0.15, 0.2) is 24.3 Å². The van der Waals surface area contributed by atoms with Crippen LogP contribution in [0.2, 0.25) is 0 Å². The quantitative estimate of drug-likeness (QED) is 0.882. The van der Waals surface area contributed by atoms with Gasteiger partial charge in [0, 0.05) is 36.8 Å². The number of piperidine rings is 1. The Morgan fingerprint density at radius 2 is 1.96 bits per heavy atom. The number of nitrogens with zero attached hydrogens (tertiary/aromatic N) is 1. The fourth-order valence-electron chi connectivity index (χ4n) is 4.33. The number of para-hydroxylation sites is 1. The van der Waals surface area contributed by atoms with Crippen LogP contribution in [-0.4, -0.2) is 46.6 Å². The maximum Gasteiger partial charge on any atom is 0.303 e. The molecule has 0 bridgehead atoms. The number of aromatic nitrogens is 1. The molecular formula is C20H24N2O4. The van der Waals surface area contributed by atoms with Crippen molar-refractivity contribution in [1.29, 1.82) is 0 Å². The number of hydrogen-bond donors (Lipinski definition) is 2. The second-order valence-electron chi connectivity index (χ2n) is 7.24.